The molecular formula is C12H13F3N2O. The van der Waals surface area contributed by atoms with E-state index in [1.807, 2.05) is 26.0 Å². The second-order valence-corrected chi connectivity index (χ2v) is 4.40. The molecule has 1 aromatic carbocycles. The number of nitrogens with zero attached hydrogens (tertiary/aromatic N) is 1. The Morgan fingerprint density at radius 3 is 2.50 bits per heavy atom. The van der Waals surface area contributed by atoms with Crippen molar-refractivity contribution in [3.63, 3.8) is 0 Å². The minimum absolute atomic E-state index is 0.139. The number of halogens is 3. The first-order valence-electron chi connectivity index (χ1n) is 5.48. The summed E-state index contributed by atoms with van der Waals surface area (Å²) in [4.78, 5) is 6.85. The molecule has 1 unspecified atom stereocenters. The number of aliphatic hydroxyl groups is 1. The number of hydrogen-bond donors (Lipinski definition) is 2. The van der Waals surface area contributed by atoms with Crippen LogP contribution in [0.2, 0.25) is 0 Å². The summed E-state index contributed by atoms with van der Waals surface area (Å²) < 4.78 is 36.7. The van der Waals surface area contributed by atoms with Crippen LogP contribution in [0.5, 0.6) is 0 Å². The lowest BCUT2D eigenvalue weighted by Gasteiger charge is -2.12. The lowest BCUT2D eigenvalue weighted by atomic mass is 10.1. The van der Waals surface area contributed by atoms with Crippen LogP contribution in [0.15, 0.2) is 12.1 Å². The molecule has 1 atom stereocenters. The van der Waals surface area contributed by atoms with Crippen molar-refractivity contribution < 1.29 is 18.3 Å². The third-order valence-electron chi connectivity index (χ3n) is 2.91. The van der Waals surface area contributed by atoms with E-state index < -0.39 is 18.7 Å². The molecule has 0 saturated carbocycles. The van der Waals surface area contributed by atoms with Crippen molar-refractivity contribution in [1.29, 1.82) is 0 Å². The van der Waals surface area contributed by atoms with Gasteiger partial charge in [-0.3, -0.25) is 0 Å². The summed E-state index contributed by atoms with van der Waals surface area (Å²) in [6.45, 7) is 3.83. The van der Waals surface area contributed by atoms with E-state index in [1.54, 1.807) is 0 Å². The number of hydrogen-bond acceptors (Lipinski definition) is 2. The van der Waals surface area contributed by atoms with Crippen molar-refractivity contribution in [3.8, 4) is 0 Å². The number of rotatable bonds is 2. The summed E-state index contributed by atoms with van der Waals surface area (Å²) in [5.74, 6) is 0.139. The molecule has 2 aromatic rings. The van der Waals surface area contributed by atoms with Crippen LogP contribution in [0.25, 0.3) is 11.0 Å². The summed E-state index contributed by atoms with van der Waals surface area (Å²) in [6, 6.07) is 3.64. The van der Waals surface area contributed by atoms with Crippen molar-refractivity contribution in [2.24, 2.45) is 0 Å². The first kappa shape index (κ1) is 12.9. The van der Waals surface area contributed by atoms with Crippen LogP contribution < -0.4 is 0 Å². The molecule has 0 amide bonds. The van der Waals surface area contributed by atoms with Gasteiger partial charge in [-0.2, -0.15) is 13.2 Å². The molecule has 0 saturated heterocycles. The first-order chi connectivity index (χ1) is 8.27. The summed E-state index contributed by atoms with van der Waals surface area (Å²) in [5, 5.41) is 8.99. The molecule has 98 valence electrons. The van der Waals surface area contributed by atoms with Crippen LogP contribution in [-0.4, -0.2) is 27.4 Å². The maximum Gasteiger partial charge on any atom is 0.414 e. The molecule has 2 N–H and O–H groups in total. The highest BCUT2D eigenvalue weighted by atomic mass is 19.4. The number of aliphatic hydroxyl groups excluding tert-OH is 1. The van der Waals surface area contributed by atoms with Gasteiger partial charge in [0.25, 0.3) is 0 Å². The van der Waals surface area contributed by atoms with Crippen molar-refractivity contribution >= 4 is 11.0 Å². The molecule has 0 aliphatic rings. The highest BCUT2D eigenvalue weighted by Crippen LogP contribution is 2.23. The zero-order valence-corrected chi connectivity index (χ0v) is 9.97. The van der Waals surface area contributed by atoms with E-state index in [-0.39, 0.29) is 5.82 Å². The lowest BCUT2D eigenvalue weighted by Crippen LogP contribution is -2.30. The van der Waals surface area contributed by atoms with Crippen LogP contribution in [0, 0.1) is 13.8 Å². The van der Waals surface area contributed by atoms with Crippen LogP contribution in [0.1, 0.15) is 17.0 Å². The zero-order valence-electron chi connectivity index (χ0n) is 9.97. The van der Waals surface area contributed by atoms with Gasteiger partial charge in [-0.25, -0.2) is 4.98 Å². The molecule has 1 aromatic heterocycles. The van der Waals surface area contributed by atoms with Crippen LogP contribution in [-0.2, 0) is 6.42 Å². The van der Waals surface area contributed by atoms with Gasteiger partial charge in [0.2, 0.25) is 0 Å². The van der Waals surface area contributed by atoms with Gasteiger partial charge in [0.1, 0.15) is 5.82 Å². The fourth-order valence-electron chi connectivity index (χ4n) is 1.72. The van der Waals surface area contributed by atoms with Gasteiger partial charge in [0.15, 0.2) is 6.10 Å². The van der Waals surface area contributed by atoms with Gasteiger partial charge in [-0.15, -0.1) is 0 Å². The minimum atomic E-state index is -4.62. The number of fused-ring (bicyclic) bond motifs is 1. The largest absolute Gasteiger partial charge is 0.414 e. The second-order valence-electron chi connectivity index (χ2n) is 4.40. The van der Waals surface area contributed by atoms with E-state index in [4.69, 9.17) is 5.11 Å². The van der Waals surface area contributed by atoms with Crippen LogP contribution in [0.3, 0.4) is 0 Å². The smallest absolute Gasteiger partial charge is 0.383 e. The van der Waals surface area contributed by atoms with Gasteiger partial charge in [-0.1, -0.05) is 0 Å². The number of nitrogens with one attached hydrogen (secondary N) is 1. The molecule has 0 aliphatic carbocycles. The summed E-state index contributed by atoms with van der Waals surface area (Å²) >= 11 is 0. The number of aryl methyl sites for hydroxylation is 2. The topological polar surface area (TPSA) is 48.9 Å². The molecule has 0 spiro atoms. The third kappa shape index (κ3) is 2.48. The maximum absolute atomic E-state index is 12.2. The van der Waals surface area contributed by atoms with Gasteiger partial charge < -0.3 is 10.1 Å². The molecule has 6 heteroatoms. The standard InChI is InChI=1S/C12H13F3N2O/c1-6-3-8-9(4-7(6)2)17-11(16-8)5-10(18)12(13,14)15/h3-4,10,18H,5H2,1-2H3,(H,16,17). The molecule has 0 radical (unpaired) electrons. The van der Waals surface area contributed by atoms with E-state index in [2.05, 4.69) is 9.97 Å². The van der Waals surface area contributed by atoms with E-state index in [9.17, 15) is 13.2 Å². The second kappa shape index (κ2) is 4.28. The number of alkyl halides is 3. The number of imidazole rings is 1. The van der Waals surface area contributed by atoms with Crippen molar-refractivity contribution in [2.75, 3.05) is 0 Å². The maximum atomic E-state index is 12.2. The van der Waals surface area contributed by atoms with E-state index in [0.29, 0.717) is 11.0 Å². The fraction of sp³-hybridized carbons (Fsp3) is 0.417. The molecule has 0 aliphatic heterocycles. The van der Waals surface area contributed by atoms with Crippen molar-refractivity contribution in [3.05, 3.63) is 29.1 Å². The Bertz CT molecular complexity index is 535. The fourth-order valence-corrected chi connectivity index (χ4v) is 1.72. The van der Waals surface area contributed by atoms with Gasteiger partial charge in [0.05, 0.1) is 11.0 Å². The van der Waals surface area contributed by atoms with Gasteiger partial charge >= 0.3 is 6.18 Å². The predicted molar refractivity (Wildman–Crippen MR) is 61.3 cm³/mol. The molecule has 3 nitrogen and oxygen atoms in total. The molecule has 0 fully saturated rings. The Hall–Kier alpha value is -1.56. The normalized spacial score (nSPS) is 14.1. The van der Waals surface area contributed by atoms with Crippen molar-refractivity contribution in [2.45, 2.75) is 32.5 Å². The molecular weight excluding hydrogens is 245 g/mol. The minimum Gasteiger partial charge on any atom is -0.383 e. The Labute approximate surface area is 102 Å². The Kier molecular flexibility index (Phi) is 3.06. The lowest BCUT2D eigenvalue weighted by molar-refractivity contribution is -0.203. The molecule has 1 heterocycles. The van der Waals surface area contributed by atoms with E-state index in [0.717, 1.165) is 11.1 Å². The predicted octanol–water partition coefficient (Wildman–Crippen LogP) is 2.65. The monoisotopic (exact) mass is 258 g/mol. The van der Waals surface area contributed by atoms with Crippen LogP contribution in [0.4, 0.5) is 13.2 Å². The third-order valence-corrected chi connectivity index (χ3v) is 2.91. The van der Waals surface area contributed by atoms with Crippen molar-refractivity contribution in [1.82, 2.24) is 9.97 Å². The van der Waals surface area contributed by atoms with Gasteiger partial charge in [-0.05, 0) is 37.1 Å². The number of aromatic nitrogens is 2. The average Bonchev–Trinajstić information content (AvgIpc) is 2.59. The molecule has 2 rings (SSSR count). The van der Waals surface area contributed by atoms with Crippen LogP contribution >= 0.6 is 0 Å². The Balaban J connectivity index is 2.31. The highest BCUT2D eigenvalue weighted by molar-refractivity contribution is 5.77. The summed E-state index contributed by atoms with van der Waals surface area (Å²) in [6.07, 6.45) is -7.57. The van der Waals surface area contributed by atoms with Gasteiger partial charge in [0, 0.05) is 6.42 Å². The Morgan fingerprint density at radius 1 is 1.28 bits per heavy atom. The zero-order chi connectivity index (χ0) is 13.5. The van der Waals surface area contributed by atoms with E-state index >= 15 is 0 Å². The van der Waals surface area contributed by atoms with E-state index in [1.165, 1.54) is 0 Å². The first-order valence-corrected chi connectivity index (χ1v) is 5.48. The quantitative estimate of drug-likeness (QED) is 0.870. The summed E-state index contributed by atoms with van der Waals surface area (Å²) in [7, 11) is 0. The number of benzene rings is 1. The SMILES string of the molecule is Cc1cc2nc(CC(O)C(F)(F)F)[nH]c2cc1C. The Morgan fingerprint density at radius 2 is 1.89 bits per heavy atom. The summed E-state index contributed by atoms with van der Waals surface area (Å²) in [5.41, 5.74) is 3.36. The highest BCUT2D eigenvalue weighted by Gasteiger charge is 2.38. The molecule has 18 heavy (non-hydrogen) atoms. The average molecular weight is 258 g/mol. The molecule has 0 bridgehead atoms. The number of aromatic amines is 1. The number of H-pyrrole nitrogens is 1.